The molecule has 1 aliphatic rings. The number of nitrogens with one attached hydrogen (secondary N) is 3. The lowest BCUT2D eigenvalue weighted by Gasteiger charge is -2.15. The van der Waals surface area contributed by atoms with E-state index in [1.54, 1.807) is 0 Å². The van der Waals surface area contributed by atoms with Crippen molar-refractivity contribution < 1.29 is 9.59 Å². The first-order valence-electron chi connectivity index (χ1n) is 9.72. The molecule has 0 bridgehead atoms. The van der Waals surface area contributed by atoms with Gasteiger partial charge in [-0.25, -0.2) is 4.98 Å². The molecular weight excluding hydrogens is 352 g/mol. The number of benzene rings is 2. The number of hydrogen-bond donors (Lipinski definition) is 3. The van der Waals surface area contributed by atoms with Gasteiger partial charge in [0.2, 0.25) is 11.8 Å². The summed E-state index contributed by atoms with van der Waals surface area (Å²) >= 11 is 0. The molecule has 6 heteroatoms. The van der Waals surface area contributed by atoms with E-state index < -0.39 is 0 Å². The fourth-order valence-electron chi connectivity index (χ4n) is 3.20. The van der Waals surface area contributed by atoms with E-state index in [9.17, 15) is 9.59 Å². The number of aromatic amines is 1. The molecule has 0 spiro atoms. The van der Waals surface area contributed by atoms with Crippen molar-refractivity contribution in [3.05, 3.63) is 59.9 Å². The van der Waals surface area contributed by atoms with Crippen molar-refractivity contribution in [2.75, 3.05) is 5.32 Å². The number of para-hydroxylation sites is 2. The Balaban J connectivity index is 1.28. The highest BCUT2D eigenvalue weighted by atomic mass is 16.2. The zero-order valence-electron chi connectivity index (χ0n) is 15.9. The molecule has 4 rings (SSSR count). The maximum absolute atomic E-state index is 12.3. The third-order valence-corrected chi connectivity index (χ3v) is 5.03. The highest BCUT2D eigenvalue weighted by Gasteiger charge is 2.29. The van der Waals surface area contributed by atoms with Crippen LogP contribution in [0.25, 0.3) is 11.0 Å². The van der Waals surface area contributed by atoms with E-state index in [-0.39, 0.29) is 23.8 Å². The lowest BCUT2D eigenvalue weighted by molar-refractivity contribution is -0.121. The van der Waals surface area contributed by atoms with E-state index in [1.807, 2.05) is 55.5 Å². The third kappa shape index (κ3) is 4.39. The minimum absolute atomic E-state index is 0.0148. The van der Waals surface area contributed by atoms with E-state index >= 15 is 0 Å². The zero-order chi connectivity index (χ0) is 19.5. The van der Waals surface area contributed by atoms with Crippen LogP contribution in [0.15, 0.2) is 48.5 Å². The molecule has 1 fully saturated rings. The Morgan fingerprint density at radius 3 is 2.61 bits per heavy atom. The van der Waals surface area contributed by atoms with Gasteiger partial charge in [-0.15, -0.1) is 0 Å². The average Bonchev–Trinajstić information content (AvgIpc) is 3.46. The molecule has 0 radical (unpaired) electrons. The number of amides is 2. The van der Waals surface area contributed by atoms with Crippen LogP contribution in [0, 0.1) is 5.92 Å². The predicted molar refractivity (Wildman–Crippen MR) is 109 cm³/mol. The van der Waals surface area contributed by atoms with E-state index in [0.29, 0.717) is 12.8 Å². The highest BCUT2D eigenvalue weighted by molar-refractivity contribution is 5.94. The molecule has 144 valence electrons. The Morgan fingerprint density at radius 1 is 1.14 bits per heavy atom. The summed E-state index contributed by atoms with van der Waals surface area (Å²) < 4.78 is 0. The van der Waals surface area contributed by atoms with Gasteiger partial charge in [-0.3, -0.25) is 9.59 Å². The minimum Gasteiger partial charge on any atom is -0.350 e. The lowest BCUT2D eigenvalue weighted by atomic mass is 10.1. The molecule has 28 heavy (non-hydrogen) atoms. The average molecular weight is 376 g/mol. The van der Waals surface area contributed by atoms with Crippen LogP contribution >= 0.6 is 0 Å². The van der Waals surface area contributed by atoms with Crippen molar-refractivity contribution in [3.63, 3.8) is 0 Å². The van der Waals surface area contributed by atoms with Gasteiger partial charge in [0.15, 0.2) is 0 Å². The number of anilines is 1. The summed E-state index contributed by atoms with van der Waals surface area (Å²) in [6.07, 6.45) is 2.92. The second-order valence-corrected chi connectivity index (χ2v) is 7.38. The van der Waals surface area contributed by atoms with Crippen molar-refractivity contribution in [2.45, 2.75) is 38.6 Å². The second kappa shape index (κ2) is 7.84. The molecule has 1 aromatic heterocycles. The van der Waals surface area contributed by atoms with Gasteiger partial charge >= 0.3 is 0 Å². The number of hydrogen-bond acceptors (Lipinski definition) is 3. The number of carbonyl (C=O) groups excluding carboxylic acids is 2. The van der Waals surface area contributed by atoms with Gasteiger partial charge in [0.1, 0.15) is 5.82 Å². The van der Waals surface area contributed by atoms with E-state index in [0.717, 1.165) is 41.0 Å². The molecular formula is C22H24N4O2. The Bertz CT molecular complexity index is 956. The first kappa shape index (κ1) is 18.2. The van der Waals surface area contributed by atoms with Crippen LogP contribution in [0.4, 0.5) is 5.69 Å². The van der Waals surface area contributed by atoms with Gasteiger partial charge < -0.3 is 15.6 Å². The molecule has 6 nitrogen and oxygen atoms in total. The quantitative estimate of drug-likeness (QED) is 0.587. The topological polar surface area (TPSA) is 86.9 Å². The number of rotatable bonds is 7. The maximum Gasteiger partial charge on any atom is 0.227 e. The van der Waals surface area contributed by atoms with Crippen molar-refractivity contribution in [3.8, 4) is 0 Å². The minimum atomic E-state index is -0.101. The van der Waals surface area contributed by atoms with Gasteiger partial charge in [0.25, 0.3) is 0 Å². The zero-order valence-corrected chi connectivity index (χ0v) is 15.9. The molecule has 0 saturated heterocycles. The standard InChI is InChI=1S/C22H24N4O2/c1-14(15-8-10-17(11-9-15)24-22(28)16-6-7-16)23-21(27)13-12-20-25-18-4-2-3-5-19(18)26-20/h2-5,8-11,14,16H,6-7,12-13H2,1H3,(H,23,27)(H,24,28)(H,25,26). The number of imidazole rings is 1. The summed E-state index contributed by atoms with van der Waals surface area (Å²) in [7, 11) is 0. The van der Waals surface area contributed by atoms with Gasteiger partial charge in [0, 0.05) is 24.4 Å². The van der Waals surface area contributed by atoms with Crippen LogP contribution in [0.5, 0.6) is 0 Å². The van der Waals surface area contributed by atoms with Crippen LogP contribution in [0.1, 0.15) is 43.6 Å². The fraction of sp³-hybridized carbons (Fsp3) is 0.318. The van der Waals surface area contributed by atoms with Crippen LogP contribution in [0.2, 0.25) is 0 Å². The lowest BCUT2D eigenvalue weighted by Crippen LogP contribution is -2.26. The molecule has 1 aliphatic carbocycles. The van der Waals surface area contributed by atoms with Crippen molar-refractivity contribution in [1.29, 1.82) is 0 Å². The monoisotopic (exact) mass is 376 g/mol. The van der Waals surface area contributed by atoms with Crippen LogP contribution < -0.4 is 10.6 Å². The SMILES string of the molecule is CC(NC(=O)CCc1nc2ccccc2[nH]1)c1ccc(NC(=O)C2CC2)cc1. The number of aromatic nitrogens is 2. The fourth-order valence-corrected chi connectivity index (χ4v) is 3.20. The first-order chi connectivity index (χ1) is 13.6. The molecule has 1 saturated carbocycles. The number of aryl methyl sites for hydroxylation is 1. The smallest absolute Gasteiger partial charge is 0.227 e. The summed E-state index contributed by atoms with van der Waals surface area (Å²) in [4.78, 5) is 31.9. The summed E-state index contributed by atoms with van der Waals surface area (Å²) in [6, 6.07) is 15.4. The van der Waals surface area contributed by atoms with E-state index in [4.69, 9.17) is 0 Å². The van der Waals surface area contributed by atoms with E-state index in [1.165, 1.54) is 0 Å². The number of fused-ring (bicyclic) bond motifs is 1. The molecule has 3 aromatic rings. The van der Waals surface area contributed by atoms with Crippen molar-refractivity contribution in [1.82, 2.24) is 15.3 Å². The molecule has 1 unspecified atom stereocenters. The first-order valence-corrected chi connectivity index (χ1v) is 9.72. The summed E-state index contributed by atoms with van der Waals surface area (Å²) in [5.41, 5.74) is 3.70. The maximum atomic E-state index is 12.3. The third-order valence-electron chi connectivity index (χ3n) is 5.03. The van der Waals surface area contributed by atoms with Gasteiger partial charge in [0.05, 0.1) is 17.1 Å². The molecule has 3 N–H and O–H groups in total. The molecule has 2 aromatic carbocycles. The Morgan fingerprint density at radius 2 is 1.89 bits per heavy atom. The predicted octanol–water partition coefficient (Wildman–Crippen LogP) is 3.72. The Hall–Kier alpha value is -3.15. The van der Waals surface area contributed by atoms with Gasteiger partial charge in [-0.1, -0.05) is 24.3 Å². The number of H-pyrrole nitrogens is 1. The normalized spacial score (nSPS) is 14.6. The Labute approximate surface area is 163 Å². The summed E-state index contributed by atoms with van der Waals surface area (Å²) in [5.74, 6) is 1.09. The molecule has 0 aliphatic heterocycles. The van der Waals surface area contributed by atoms with Crippen LogP contribution in [-0.2, 0) is 16.0 Å². The Kier molecular flexibility index (Phi) is 5.10. The molecule has 1 heterocycles. The van der Waals surface area contributed by atoms with Crippen LogP contribution in [0.3, 0.4) is 0 Å². The van der Waals surface area contributed by atoms with Crippen molar-refractivity contribution >= 4 is 28.5 Å². The molecule has 2 amide bonds. The summed E-state index contributed by atoms with van der Waals surface area (Å²) in [6.45, 7) is 1.96. The van der Waals surface area contributed by atoms with Gasteiger partial charge in [-0.2, -0.15) is 0 Å². The highest BCUT2D eigenvalue weighted by Crippen LogP contribution is 2.30. The second-order valence-electron chi connectivity index (χ2n) is 7.38. The number of nitrogens with zero attached hydrogens (tertiary/aromatic N) is 1. The van der Waals surface area contributed by atoms with Crippen molar-refractivity contribution in [2.24, 2.45) is 5.92 Å². The van der Waals surface area contributed by atoms with E-state index in [2.05, 4.69) is 20.6 Å². The largest absolute Gasteiger partial charge is 0.350 e. The molecule has 1 atom stereocenters. The summed E-state index contributed by atoms with van der Waals surface area (Å²) in [5, 5.41) is 5.94. The van der Waals surface area contributed by atoms with Gasteiger partial charge in [-0.05, 0) is 49.6 Å². The number of carbonyl (C=O) groups is 2. The van der Waals surface area contributed by atoms with Crippen LogP contribution in [-0.4, -0.2) is 21.8 Å².